The molecule has 0 saturated carbocycles. The summed E-state index contributed by atoms with van der Waals surface area (Å²) in [6.45, 7) is 7.70. The van der Waals surface area contributed by atoms with Crippen molar-refractivity contribution >= 4 is 0 Å². The van der Waals surface area contributed by atoms with Crippen LogP contribution >= 0.6 is 0 Å². The maximum Gasteiger partial charge on any atom is 0.231 e. The SMILES string of the molecule is COc1c2c(cc3c1[C@H](C#C[C@@]1(C)CCCC(C)(C)O1)[N+](C)(C)CC3)OCO2. The van der Waals surface area contributed by atoms with Gasteiger partial charge >= 0.3 is 0 Å². The summed E-state index contributed by atoms with van der Waals surface area (Å²) in [5.74, 6) is 9.38. The van der Waals surface area contributed by atoms with Crippen molar-refractivity contribution in [2.75, 3.05) is 34.5 Å². The average Bonchev–Trinajstić information content (AvgIpc) is 3.05. The Labute approximate surface area is 168 Å². The summed E-state index contributed by atoms with van der Waals surface area (Å²) in [6, 6.07) is 2.11. The van der Waals surface area contributed by atoms with Crippen LogP contribution in [0.4, 0.5) is 0 Å². The van der Waals surface area contributed by atoms with Crippen molar-refractivity contribution < 1.29 is 23.4 Å². The van der Waals surface area contributed by atoms with Crippen LogP contribution in [0.2, 0.25) is 0 Å². The first-order valence-corrected chi connectivity index (χ1v) is 10.2. The fourth-order valence-corrected chi connectivity index (χ4v) is 4.79. The number of rotatable bonds is 1. The summed E-state index contributed by atoms with van der Waals surface area (Å²) in [5, 5.41) is 0. The lowest BCUT2D eigenvalue weighted by Crippen LogP contribution is -2.48. The largest absolute Gasteiger partial charge is 0.492 e. The Balaban J connectivity index is 1.78. The van der Waals surface area contributed by atoms with Crippen molar-refractivity contribution in [2.45, 2.75) is 63.7 Å². The first-order chi connectivity index (χ1) is 13.1. The second-order valence-corrected chi connectivity index (χ2v) is 9.59. The van der Waals surface area contributed by atoms with Gasteiger partial charge in [-0.15, -0.1) is 0 Å². The molecule has 28 heavy (non-hydrogen) atoms. The molecule has 1 fully saturated rings. The summed E-state index contributed by atoms with van der Waals surface area (Å²) >= 11 is 0. The van der Waals surface area contributed by atoms with Crippen LogP contribution < -0.4 is 14.2 Å². The molecule has 0 amide bonds. The molecule has 1 aromatic rings. The van der Waals surface area contributed by atoms with E-state index >= 15 is 0 Å². The van der Waals surface area contributed by atoms with Crippen LogP contribution in [0.5, 0.6) is 17.2 Å². The van der Waals surface area contributed by atoms with Gasteiger partial charge in [0.25, 0.3) is 0 Å². The summed E-state index contributed by atoms with van der Waals surface area (Å²) in [6.07, 6.45) is 4.15. The number of ether oxygens (including phenoxy) is 4. The minimum absolute atomic E-state index is 0.00124. The van der Waals surface area contributed by atoms with E-state index in [-0.39, 0.29) is 18.4 Å². The molecule has 0 unspecified atom stereocenters. The number of nitrogens with zero attached hydrogens (tertiary/aromatic N) is 1. The third kappa shape index (κ3) is 3.33. The van der Waals surface area contributed by atoms with Gasteiger partial charge in [0, 0.05) is 6.42 Å². The molecule has 0 N–H and O–H groups in total. The molecular weight excluding hydrogens is 354 g/mol. The lowest BCUT2D eigenvalue weighted by Gasteiger charge is -2.42. The minimum Gasteiger partial charge on any atom is -0.492 e. The fourth-order valence-electron chi connectivity index (χ4n) is 4.79. The standard InChI is InChI=1S/C23H32NO4/c1-22(2)10-7-11-23(3,28-22)12-8-17-19-16(9-13-24(17,4)5)14-18-20(21(19)25-6)27-15-26-18/h14,17H,7,9-11,13,15H2,1-6H3/q+1/t17-,23+/m0/s1. The molecule has 3 aliphatic heterocycles. The van der Waals surface area contributed by atoms with Crippen LogP contribution in [0.25, 0.3) is 0 Å². The van der Waals surface area contributed by atoms with Crippen molar-refractivity contribution in [3.05, 3.63) is 17.2 Å². The van der Waals surface area contributed by atoms with E-state index in [1.54, 1.807) is 7.11 Å². The normalized spacial score (nSPS) is 29.4. The first kappa shape index (κ1) is 19.4. The van der Waals surface area contributed by atoms with E-state index in [9.17, 15) is 0 Å². The van der Waals surface area contributed by atoms with Gasteiger partial charge in [0.05, 0.1) is 38.9 Å². The molecule has 1 aromatic carbocycles. The number of quaternary nitrogens is 1. The summed E-state index contributed by atoms with van der Waals surface area (Å²) in [5.41, 5.74) is 1.84. The highest BCUT2D eigenvalue weighted by Gasteiger charge is 2.41. The topological polar surface area (TPSA) is 36.9 Å². The smallest absolute Gasteiger partial charge is 0.231 e. The Morgan fingerprint density at radius 1 is 1.18 bits per heavy atom. The summed E-state index contributed by atoms with van der Waals surface area (Å²) in [7, 11) is 6.17. The maximum absolute atomic E-state index is 6.38. The van der Waals surface area contributed by atoms with Crippen LogP contribution in [-0.2, 0) is 11.2 Å². The quantitative estimate of drug-likeness (QED) is 0.543. The zero-order valence-corrected chi connectivity index (χ0v) is 18.0. The molecule has 3 aliphatic rings. The molecule has 0 aliphatic carbocycles. The van der Waals surface area contributed by atoms with Crippen molar-refractivity contribution in [2.24, 2.45) is 0 Å². The highest BCUT2D eigenvalue weighted by atomic mass is 16.7. The van der Waals surface area contributed by atoms with Gasteiger partial charge in [0.1, 0.15) is 5.60 Å². The number of benzene rings is 1. The summed E-state index contributed by atoms with van der Waals surface area (Å²) < 4.78 is 24.3. The molecule has 152 valence electrons. The van der Waals surface area contributed by atoms with Gasteiger partial charge in [-0.05, 0) is 57.6 Å². The molecule has 5 nitrogen and oxygen atoms in total. The highest BCUT2D eigenvalue weighted by molar-refractivity contribution is 5.62. The van der Waals surface area contributed by atoms with Crippen LogP contribution in [-0.4, -0.2) is 50.2 Å². The third-order valence-electron chi connectivity index (χ3n) is 6.29. The van der Waals surface area contributed by atoms with E-state index in [4.69, 9.17) is 18.9 Å². The van der Waals surface area contributed by atoms with Gasteiger partial charge in [-0.1, -0.05) is 5.92 Å². The van der Waals surface area contributed by atoms with Gasteiger partial charge < -0.3 is 23.4 Å². The molecule has 0 radical (unpaired) electrons. The highest BCUT2D eigenvalue weighted by Crippen LogP contribution is 2.50. The van der Waals surface area contributed by atoms with E-state index < -0.39 is 5.60 Å². The number of methoxy groups -OCH3 is 1. The van der Waals surface area contributed by atoms with Gasteiger partial charge in [-0.25, -0.2) is 0 Å². The van der Waals surface area contributed by atoms with Gasteiger partial charge in [-0.2, -0.15) is 0 Å². The number of hydrogen-bond acceptors (Lipinski definition) is 4. The fraction of sp³-hybridized carbons (Fsp3) is 0.652. The molecule has 0 aromatic heterocycles. The van der Waals surface area contributed by atoms with E-state index in [2.05, 4.69) is 52.8 Å². The van der Waals surface area contributed by atoms with E-state index in [1.165, 1.54) is 5.56 Å². The molecule has 0 bridgehead atoms. The molecule has 3 heterocycles. The first-order valence-electron chi connectivity index (χ1n) is 10.2. The van der Waals surface area contributed by atoms with Crippen molar-refractivity contribution in [3.63, 3.8) is 0 Å². The minimum atomic E-state index is -0.414. The van der Waals surface area contributed by atoms with Crippen molar-refractivity contribution in [1.29, 1.82) is 0 Å². The molecule has 5 heteroatoms. The Kier molecular flexibility index (Phi) is 4.56. The molecular formula is C23H32NO4+. The second-order valence-electron chi connectivity index (χ2n) is 9.59. The van der Waals surface area contributed by atoms with Gasteiger partial charge in [-0.3, -0.25) is 0 Å². The zero-order valence-electron chi connectivity index (χ0n) is 18.0. The molecule has 1 saturated heterocycles. The average molecular weight is 387 g/mol. The zero-order chi connectivity index (χ0) is 20.2. The van der Waals surface area contributed by atoms with Gasteiger partial charge in [0.2, 0.25) is 12.5 Å². The number of hydrogen-bond donors (Lipinski definition) is 0. The number of fused-ring (bicyclic) bond motifs is 2. The van der Waals surface area contributed by atoms with Crippen molar-refractivity contribution in [3.8, 4) is 29.1 Å². The van der Waals surface area contributed by atoms with E-state index in [0.29, 0.717) is 5.75 Å². The lowest BCUT2D eigenvalue weighted by atomic mass is 9.86. The van der Waals surface area contributed by atoms with Crippen molar-refractivity contribution in [1.82, 2.24) is 0 Å². The van der Waals surface area contributed by atoms with E-state index in [1.807, 2.05) is 0 Å². The van der Waals surface area contributed by atoms with Crippen LogP contribution in [0.1, 0.15) is 57.2 Å². The van der Waals surface area contributed by atoms with Crippen LogP contribution in [0, 0.1) is 11.8 Å². The third-order valence-corrected chi connectivity index (χ3v) is 6.29. The Hall–Kier alpha value is -1.90. The Bertz CT molecular complexity index is 848. The predicted molar refractivity (Wildman–Crippen MR) is 108 cm³/mol. The Morgan fingerprint density at radius 3 is 2.68 bits per heavy atom. The van der Waals surface area contributed by atoms with Gasteiger partial charge in [0.15, 0.2) is 17.5 Å². The Morgan fingerprint density at radius 2 is 1.96 bits per heavy atom. The molecule has 2 atom stereocenters. The number of likely N-dealkylation sites (N-methyl/N-ethyl adjacent to an activating group) is 1. The van der Waals surface area contributed by atoms with Crippen LogP contribution in [0.15, 0.2) is 6.07 Å². The van der Waals surface area contributed by atoms with Crippen LogP contribution in [0.3, 0.4) is 0 Å². The van der Waals surface area contributed by atoms with E-state index in [0.717, 1.165) is 53.8 Å². The summed E-state index contributed by atoms with van der Waals surface area (Å²) in [4.78, 5) is 0. The molecule has 4 rings (SSSR count). The maximum atomic E-state index is 6.38. The second kappa shape index (κ2) is 6.57. The lowest BCUT2D eigenvalue weighted by molar-refractivity contribution is -0.914. The predicted octanol–water partition coefficient (Wildman–Crippen LogP) is 3.84. The molecule has 0 spiro atoms. The monoisotopic (exact) mass is 386 g/mol.